The molecule has 0 saturated heterocycles. The first-order valence-electron chi connectivity index (χ1n) is 7.05. The SMILES string of the molecule is C=CCCOC(=O)c1ccc(C(=C)C(=O)OC(C)(C)C)cc1. The Balaban J connectivity index is 2.72. The van der Waals surface area contributed by atoms with E-state index in [1.165, 1.54) is 0 Å². The molecule has 0 radical (unpaired) electrons. The summed E-state index contributed by atoms with van der Waals surface area (Å²) in [6.07, 6.45) is 2.29. The fourth-order valence-electron chi connectivity index (χ4n) is 1.58. The second kappa shape index (κ2) is 7.59. The molecule has 0 unspecified atom stereocenters. The number of hydrogen-bond donors (Lipinski definition) is 0. The van der Waals surface area contributed by atoms with Gasteiger partial charge in [-0.2, -0.15) is 0 Å². The number of benzene rings is 1. The van der Waals surface area contributed by atoms with E-state index in [4.69, 9.17) is 9.47 Å². The summed E-state index contributed by atoms with van der Waals surface area (Å²) >= 11 is 0. The van der Waals surface area contributed by atoms with E-state index < -0.39 is 17.5 Å². The van der Waals surface area contributed by atoms with Gasteiger partial charge in [0, 0.05) is 0 Å². The van der Waals surface area contributed by atoms with Gasteiger partial charge in [-0.3, -0.25) is 0 Å². The summed E-state index contributed by atoms with van der Waals surface area (Å²) in [5.74, 6) is -0.884. The molecule has 0 atom stereocenters. The van der Waals surface area contributed by atoms with E-state index in [-0.39, 0.29) is 5.57 Å². The topological polar surface area (TPSA) is 52.6 Å². The highest BCUT2D eigenvalue weighted by Crippen LogP contribution is 2.19. The van der Waals surface area contributed by atoms with Crippen molar-refractivity contribution in [1.29, 1.82) is 0 Å². The molecule has 1 aromatic carbocycles. The van der Waals surface area contributed by atoms with Crippen LogP contribution in [-0.2, 0) is 14.3 Å². The van der Waals surface area contributed by atoms with Gasteiger partial charge in [-0.1, -0.05) is 24.8 Å². The first kappa shape index (κ1) is 17.7. The van der Waals surface area contributed by atoms with Crippen molar-refractivity contribution in [2.45, 2.75) is 32.8 Å². The first-order chi connectivity index (χ1) is 10.2. The molecule has 22 heavy (non-hydrogen) atoms. The van der Waals surface area contributed by atoms with Gasteiger partial charge < -0.3 is 9.47 Å². The molecule has 0 amide bonds. The fourth-order valence-corrected chi connectivity index (χ4v) is 1.58. The van der Waals surface area contributed by atoms with Gasteiger partial charge in [-0.25, -0.2) is 9.59 Å². The summed E-state index contributed by atoms with van der Waals surface area (Å²) in [5, 5.41) is 0. The quantitative estimate of drug-likeness (QED) is 0.347. The van der Waals surface area contributed by atoms with Crippen LogP contribution in [0.3, 0.4) is 0 Å². The van der Waals surface area contributed by atoms with Crippen molar-refractivity contribution in [3.05, 3.63) is 54.6 Å². The third-order valence-corrected chi connectivity index (χ3v) is 2.67. The Hall–Kier alpha value is -2.36. The Labute approximate surface area is 131 Å². The number of ether oxygens (including phenoxy) is 2. The molecule has 0 heterocycles. The normalized spacial score (nSPS) is 10.7. The van der Waals surface area contributed by atoms with Crippen molar-refractivity contribution >= 4 is 17.5 Å². The lowest BCUT2D eigenvalue weighted by Gasteiger charge is -2.20. The molecule has 0 aromatic heterocycles. The van der Waals surface area contributed by atoms with E-state index in [9.17, 15) is 9.59 Å². The molecule has 118 valence electrons. The van der Waals surface area contributed by atoms with Crippen LogP contribution in [0.2, 0.25) is 0 Å². The van der Waals surface area contributed by atoms with Crippen LogP contribution >= 0.6 is 0 Å². The van der Waals surface area contributed by atoms with Crippen LogP contribution in [0, 0.1) is 0 Å². The van der Waals surface area contributed by atoms with E-state index in [2.05, 4.69) is 13.2 Å². The van der Waals surface area contributed by atoms with Crippen LogP contribution < -0.4 is 0 Å². The summed E-state index contributed by atoms with van der Waals surface area (Å²) < 4.78 is 10.3. The molecule has 0 N–H and O–H groups in total. The van der Waals surface area contributed by atoms with Gasteiger partial charge in [0.05, 0.1) is 17.7 Å². The Morgan fingerprint density at radius 2 is 1.68 bits per heavy atom. The lowest BCUT2D eigenvalue weighted by atomic mass is 10.1. The minimum atomic E-state index is -0.574. The summed E-state index contributed by atoms with van der Waals surface area (Å²) in [6.45, 7) is 13.0. The van der Waals surface area contributed by atoms with Gasteiger partial charge in [-0.15, -0.1) is 6.58 Å². The number of esters is 2. The maximum Gasteiger partial charge on any atom is 0.338 e. The van der Waals surface area contributed by atoms with Crippen molar-refractivity contribution in [3.63, 3.8) is 0 Å². The molecule has 0 aliphatic rings. The molecular formula is C18H22O4. The highest BCUT2D eigenvalue weighted by Gasteiger charge is 2.19. The van der Waals surface area contributed by atoms with E-state index in [1.54, 1.807) is 51.1 Å². The van der Waals surface area contributed by atoms with Crippen LogP contribution in [0.5, 0.6) is 0 Å². The van der Waals surface area contributed by atoms with Gasteiger partial charge in [0.25, 0.3) is 0 Å². The Bertz CT molecular complexity index is 562. The predicted octanol–water partition coefficient (Wildman–Crippen LogP) is 3.77. The first-order valence-corrected chi connectivity index (χ1v) is 7.05. The molecule has 0 saturated carbocycles. The number of rotatable bonds is 6. The number of hydrogen-bond acceptors (Lipinski definition) is 4. The zero-order chi connectivity index (χ0) is 16.8. The van der Waals surface area contributed by atoms with Crippen molar-refractivity contribution in [1.82, 2.24) is 0 Å². The van der Waals surface area contributed by atoms with Crippen LogP contribution in [0.4, 0.5) is 0 Å². The average Bonchev–Trinajstić information content (AvgIpc) is 2.45. The van der Waals surface area contributed by atoms with Crippen molar-refractivity contribution in [2.75, 3.05) is 6.61 Å². The van der Waals surface area contributed by atoms with Crippen molar-refractivity contribution in [3.8, 4) is 0 Å². The van der Waals surface area contributed by atoms with Crippen LogP contribution in [-0.4, -0.2) is 24.1 Å². The van der Waals surface area contributed by atoms with Crippen LogP contribution in [0.1, 0.15) is 43.1 Å². The molecule has 0 aliphatic carbocycles. The summed E-state index contributed by atoms with van der Waals surface area (Å²) in [6, 6.07) is 6.49. The third kappa shape index (κ3) is 5.56. The highest BCUT2D eigenvalue weighted by atomic mass is 16.6. The zero-order valence-corrected chi connectivity index (χ0v) is 13.3. The van der Waals surface area contributed by atoms with E-state index in [0.717, 1.165) is 0 Å². The molecule has 4 nitrogen and oxygen atoms in total. The summed E-state index contributed by atoms with van der Waals surface area (Å²) in [4.78, 5) is 23.7. The Morgan fingerprint density at radius 3 is 2.18 bits per heavy atom. The lowest BCUT2D eigenvalue weighted by Crippen LogP contribution is -2.24. The minimum Gasteiger partial charge on any atom is -0.462 e. The van der Waals surface area contributed by atoms with Crippen LogP contribution in [0.25, 0.3) is 5.57 Å². The largest absolute Gasteiger partial charge is 0.462 e. The molecule has 1 aromatic rings. The molecule has 0 spiro atoms. The zero-order valence-electron chi connectivity index (χ0n) is 13.3. The standard InChI is InChI=1S/C18H22O4/c1-6-7-12-21-17(20)15-10-8-14(9-11-15)13(2)16(19)22-18(3,4)5/h6,8-11H,1-2,7,12H2,3-5H3. The lowest BCUT2D eigenvalue weighted by molar-refractivity contribution is -0.147. The van der Waals surface area contributed by atoms with E-state index in [0.29, 0.717) is 24.2 Å². The maximum atomic E-state index is 11.9. The predicted molar refractivity (Wildman–Crippen MR) is 86.4 cm³/mol. The molecule has 0 bridgehead atoms. The number of carbonyl (C=O) groups excluding carboxylic acids is 2. The van der Waals surface area contributed by atoms with Crippen LogP contribution in [0.15, 0.2) is 43.5 Å². The smallest absolute Gasteiger partial charge is 0.338 e. The second-order valence-electron chi connectivity index (χ2n) is 5.77. The molecule has 0 aliphatic heterocycles. The molecule has 1 rings (SSSR count). The van der Waals surface area contributed by atoms with Crippen molar-refractivity contribution in [2.24, 2.45) is 0 Å². The van der Waals surface area contributed by atoms with Crippen molar-refractivity contribution < 1.29 is 19.1 Å². The van der Waals surface area contributed by atoms with E-state index in [1.807, 2.05) is 0 Å². The summed E-state index contributed by atoms with van der Waals surface area (Å²) in [7, 11) is 0. The average molecular weight is 302 g/mol. The second-order valence-corrected chi connectivity index (χ2v) is 5.77. The molecule has 0 fully saturated rings. The molecule has 4 heteroatoms. The highest BCUT2D eigenvalue weighted by molar-refractivity contribution is 6.15. The monoisotopic (exact) mass is 302 g/mol. The van der Waals surface area contributed by atoms with Gasteiger partial charge in [0.2, 0.25) is 0 Å². The molecular weight excluding hydrogens is 280 g/mol. The fraction of sp³-hybridized carbons (Fsp3) is 0.333. The van der Waals surface area contributed by atoms with Gasteiger partial charge in [0.15, 0.2) is 0 Å². The Morgan fingerprint density at radius 1 is 1.14 bits per heavy atom. The van der Waals surface area contributed by atoms with Gasteiger partial charge in [-0.05, 0) is 44.9 Å². The minimum absolute atomic E-state index is 0.251. The third-order valence-electron chi connectivity index (χ3n) is 2.67. The van der Waals surface area contributed by atoms with Gasteiger partial charge >= 0.3 is 11.9 Å². The Kier molecular flexibility index (Phi) is 6.11. The van der Waals surface area contributed by atoms with Gasteiger partial charge in [0.1, 0.15) is 5.60 Å². The summed E-state index contributed by atoms with van der Waals surface area (Å²) in [5.41, 5.74) is 0.706. The van der Waals surface area contributed by atoms with E-state index >= 15 is 0 Å². The number of carbonyl (C=O) groups is 2. The maximum absolute atomic E-state index is 11.9.